The number of hydrogen-bond donors (Lipinski definition) is 0. The molecule has 8 nitrogen and oxygen atoms in total. The lowest BCUT2D eigenvalue weighted by Crippen LogP contribution is -1.96. The predicted octanol–water partition coefficient (Wildman–Crippen LogP) is 15.0. The van der Waals surface area contributed by atoms with Crippen molar-refractivity contribution in [2.45, 2.75) is 13.3 Å². The van der Waals surface area contributed by atoms with E-state index in [0.29, 0.717) is 0 Å². The Labute approximate surface area is 385 Å². The summed E-state index contributed by atoms with van der Waals surface area (Å²) in [7, 11) is 0. The second-order valence-electron chi connectivity index (χ2n) is 16.5. The van der Waals surface area contributed by atoms with Crippen LogP contribution in [0.25, 0.3) is 122 Å². The van der Waals surface area contributed by atoms with Crippen molar-refractivity contribution in [3.8, 4) is 56.1 Å². The van der Waals surface area contributed by atoms with Gasteiger partial charge in [-0.3, -0.25) is 15.0 Å². The van der Waals surface area contributed by atoms with Crippen LogP contribution in [-0.4, -0.2) is 34.1 Å². The molecule has 0 atom stereocenters. The molecule has 13 aromatic rings. The summed E-state index contributed by atoms with van der Waals surface area (Å²) in [4.78, 5) is 24.7. The van der Waals surface area contributed by atoms with Gasteiger partial charge in [0.05, 0.1) is 33.5 Å². The van der Waals surface area contributed by atoms with Gasteiger partial charge in [-0.2, -0.15) is 0 Å². The lowest BCUT2D eigenvalue weighted by atomic mass is 10.0. The summed E-state index contributed by atoms with van der Waals surface area (Å²) >= 11 is 0. The Hall–Kier alpha value is -9.01. The third kappa shape index (κ3) is 6.90. The zero-order valence-corrected chi connectivity index (χ0v) is 36.6. The second kappa shape index (κ2) is 16.5. The first kappa shape index (κ1) is 39.6. The quantitative estimate of drug-likeness (QED) is 0.148. The maximum atomic E-state index is 6.20. The third-order valence-corrected chi connectivity index (χ3v) is 12.5. The molecule has 8 heterocycles. The molecule has 0 N–H and O–H groups in total. The summed E-state index contributed by atoms with van der Waals surface area (Å²) in [5.41, 5.74) is 17.2. The number of aromatic nitrogens is 7. The van der Waals surface area contributed by atoms with Crippen molar-refractivity contribution < 1.29 is 4.42 Å². The minimum atomic E-state index is 0.798. The van der Waals surface area contributed by atoms with Crippen molar-refractivity contribution >= 4 is 65.8 Å². The monoisotopic (exact) mass is 863 g/mol. The minimum Gasteiger partial charge on any atom is -0.456 e. The van der Waals surface area contributed by atoms with Crippen LogP contribution in [0.5, 0.6) is 0 Å². The molecule has 318 valence electrons. The molecule has 0 aliphatic heterocycles. The number of allylic oxidation sites excluding steroid dienone is 1. The van der Waals surface area contributed by atoms with Gasteiger partial charge >= 0.3 is 0 Å². The summed E-state index contributed by atoms with van der Waals surface area (Å²) in [6.07, 6.45) is 14.3. The Bertz CT molecular complexity index is 3860. The van der Waals surface area contributed by atoms with Gasteiger partial charge in [0, 0.05) is 92.4 Å². The molecule has 0 amide bonds. The van der Waals surface area contributed by atoms with Crippen molar-refractivity contribution in [3.05, 3.63) is 214 Å². The lowest BCUT2D eigenvalue weighted by molar-refractivity contribution is 0.669. The van der Waals surface area contributed by atoms with Gasteiger partial charge in [0.15, 0.2) is 0 Å². The van der Waals surface area contributed by atoms with Gasteiger partial charge in [-0.05, 0) is 102 Å². The number of fused-ring (bicyclic) bond motifs is 9. The molecule has 8 aromatic heterocycles. The van der Waals surface area contributed by atoms with Crippen LogP contribution in [0.1, 0.15) is 13.3 Å². The normalized spacial score (nSPS) is 11.5. The van der Waals surface area contributed by atoms with E-state index in [1.807, 2.05) is 91.8 Å². The molecule has 0 aliphatic carbocycles. The van der Waals surface area contributed by atoms with Crippen LogP contribution in [0.15, 0.2) is 218 Å². The molecule has 0 aliphatic rings. The summed E-state index contributed by atoms with van der Waals surface area (Å²) in [6, 6.07) is 56.8. The van der Waals surface area contributed by atoms with Crippen LogP contribution in [-0.2, 0) is 0 Å². The molecule has 0 saturated heterocycles. The summed E-state index contributed by atoms with van der Waals surface area (Å²) < 4.78 is 10.8. The zero-order valence-electron chi connectivity index (χ0n) is 36.6. The molecular formula is C59H41N7O. The van der Waals surface area contributed by atoms with Gasteiger partial charge in [-0.25, -0.2) is 9.97 Å². The highest BCUT2D eigenvalue weighted by Gasteiger charge is 2.21. The summed E-state index contributed by atoms with van der Waals surface area (Å²) in [6.45, 7) is 5.54. The Morgan fingerprint density at radius 1 is 0.433 bits per heavy atom. The van der Waals surface area contributed by atoms with Crippen LogP contribution < -0.4 is 0 Å². The van der Waals surface area contributed by atoms with Crippen LogP contribution in [0.3, 0.4) is 0 Å². The highest BCUT2D eigenvalue weighted by atomic mass is 16.3. The van der Waals surface area contributed by atoms with Gasteiger partial charge in [0.25, 0.3) is 0 Å². The molecule has 0 saturated carbocycles. The Morgan fingerprint density at radius 3 is 1.57 bits per heavy atom. The first-order valence-corrected chi connectivity index (χ1v) is 22.4. The number of pyridine rings is 5. The number of benzene rings is 5. The first-order chi connectivity index (χ1) is 33.1. The topological polar surface area (TPSA) is 87.5 Å². The number of nitrogens with zero attached hydrogens (tertiary/aromatic N) is 7. The fraction of sp³-hybridized carbons (Fsp3) is 0.0339. The van der Waals surface area contributed by atoms with E-state index in [0.717, 1.165) is 128 Å². The molecule has 67 heavy (non-hydrogen) atoms. The van der Waals surface area contributed by atoms with Gasteiger partial charge in [-0.1, -0.05) is 91.9 Å². The Kier molecular flexibility index (Phi) is 9.76. The molecule has 8 heteroatoms. The summed E-state index contributed by atoms with van der Waals surface area (Å²) in [5, 5.41) is 4.33. The van der Waals surface area contributed by atoms with E-state index in [4.69, 9.17) is 14.4 Å². The molecule has 5 aromatic carbocycles. The molecular weight excluding hydrogens is 823 g/mol. The van der Waals surface area contributed by atoms with Gasteiger partial charge in [0.1, 0.15) is 22.2 Å². The first-order valence-electron chi connectivity index (χ1n) is 22.4. The fourth-order valence-electron chi connectivity index (χ4n) is 9.20. The predicted molar refractivity (Wildman–Crippen MR) is 274 cm³/mol. The van der Waals surface area contributed by atoms with Crippen molar-refractivity contribution in [1.82, 2.24) is 34.1 Å². The Morgan fingerprint density at radius 2 is 0.940 bits per heavy atom. The van der Waals surface area contributed by atoms with Gasteiger partial charge in [-0.15, -0.1) is 6.58 Å². The highest BCUT2D eigenvalue weighted by Crippen LogP contribution is 2.39. The number of hydrogen-bond acceptors (Lipinski definition) is 6. The molecule has 0 fully saturated rings. The van der Waals surface area contributed by atoms with Crippen LogP contribution in [0, 0.1) is 0 Å². The van der Waals surface area contributed by atoms with E-state index in [9.17, 15) is 0 Å². The van der Waals surface area contributed by atoms with Crippen LogP contribution >= 0.6 is 0 Å². The largest absolute Gasteiger partial charge is 0.456 e. The van der Waals surface area contributed by atoms with Gasteiger partial charge < -0.3 is 13.6 Å². The molecule has 0 unspecified atom stereocenters. The molecule has 0 spiro atoms. The fourth-order valence-corrected chi connectivity index (χ4v) is 9.20. The standard InChI is InChI=1S/C55H33N7O.C4H8/c1-3-9-34(10-4-1)36-25-38(31-57-29-36)46-17-20-50-54(59-46)55-51(21-18-47(60-55)39-26-37(30-58-32-39)35-11-5-2-6-12-35)62(50)40-15-19-48-43(27-40)45-33-56-24-23-49(45)61(48)41-16-22-53-44(28-41)42-13-7-8-14-52(42)63-53;1-3-4-2/h1-33H;3H,1,4H2,2H3. The van der Waals surface area contributed by atoms with Crippen molar-refractivity contribution in [1.29, 1.82) is 0 Å². The van der Waals surface area contributed by atoms with Crippen LogP contribution in [0.4, 0.5) is 0 Å². The highest BCUT2D eigenvalue weighted by molar-refractivity contribution is 6.12. The maximum Gasteiger partial charge on any atom is 0.135 e. The zero-order chi connectivity index (χ0) is 44.8. The average molecular weight is 864 g/mol. The smallest absolute Gasteiger partial charge is 0.135 e. The van der Waals surface area contributed by atoms with Crippen molar-refractivity contribution in [2.75, 3.05) is 0 Å². The van der Waals surface area contributed by atoms with Crippen molar-refractivity contribution in [2.24, 2.45) is 0 Å². The summed E-state index contributed by atoms with van der Waals surface area (Å²) in [5.74, 6) is 0. The van der Waals surface area contributed by atoms with E-state index in [1.54, 1.807) is 0 Å². The maximum absolute atomic E-state index is 6.20. The average Bonchev–Trinajstić information content (AvgIpc) is 4.06. The number of rotatable bonds is 7. The number of furan rings is 1. The van der Waals surface area contributed by atoms with Crippen LogP contribution in [0.2, 0.25) is 0 Å². The second-order valence-corrected chi connectivity index (χ2v) is 16.5. The third-order valence-electron chi connectivity index (χ3n) is 12.5. The Balaban J connectivity index is 0.00000113. The lowest BCUT2D eigenvalue weighted by Gasteiger charge is -2.11. The minimum absolute atomic E-state index is 0.798. The molecule has 13 rings (SSSR count). The van der Waals surface area contributed by atoms with E-state index in [2.05, 4.69) is 153 Å². The van der Waals surface area contributed by atoms with Crippen molar-refractivity contribution in [3.63, 3.8) is 0 Å². The van der Waals surface area contributed by atoms with E-state index >= 15 is 0 Å². The van der Waals surface area contributed by atoms with Gasteiger partial charge in [0.2, 0.25) is 0 Å². The van der Waals surface area contributed by atoms with E-state index in [1.165, 1.54) is 0 Å². The van der Waals surface area contributed by atoms with E-state index in [-0.39, 0.29) is 0 Å². The SMILES string of the molecule is C=CCC.c1ccc(-c2cncc(-c3ccc4c(n3)c3nc(-c5cncc(-c6ccccc6)c5)ccc3n4-c3ccc4c(c3)c3cnccc3n4-c3ccc4oc5ccccc5c4c3)c2)cc1. The molecule has 0 radical (unpaired) electrons. The molecule has 0 bridgehead atoms. The van der Waals surface area contributed by atoms with E-state index < -0.39 is 0 Å². The number of para-hydroxylation sites is 1.